The lowest BCUT2D eigenvalue weighted by Crippen LogP contribution is -2.42. The molecule has 0 heterocycles. The molecule has 1 aromatic rings. The summed E-state index contributed by atoms with van der Waals surface area (Å²) in [7, 11) is 2.03. The van der Waals surface area contributed by atoms with Crippen LogP contribution in [-0.2, 0) is 9.59 Å². The number of benzene rings is 1. The summed E-state index contributed by atoms with van der Waals surface area (Å²) in [6.07, 6.45) is -1.34. The van der Waals surface area contributed by atoms with Crippen LogP contribution in [-0.4, -0.2) is 48.4 Å². The fourth-order valence-electron chi connectivity index (χ4n) is 1.10. The maximum atomic E-state index is 10.0. The molecule has 1 amide bonds. The average Bonchev–Trinajstić information content (AvgIpc) is 2.53. The molecule has 26 heavy (non-hydrogen) atoms. The molecule has 0 atom stereocenters. The van der Waals surface area contributed by atoms with Gasteiger partial charge in [0, 0.05) is 29.5 Å². The Balaban J connectivity index is 0. The average molecular weight is 448 g/mol. The van der Waals surface area contributed by atoms with E-state index in [-0.39, 0.29) is 0 Å². The topological polar surface area (TPSA) is 136 Å². The second-order valence-electron chi connectivity index (χ2n) is 4.28. The fraction of sp³-hybridized carbons (Fsp3) is 0.250. The molecule has 1 radical (unpaired) electrons. The number of anilines is 1. The van der Waals surface area contributed by atoms with Crippen LogP contribution in [0.2, 0.25) is 5.02 Å². The maximum absolute atomic E-state index is 10.0. The van der Waals surface area contributed by atoms with Gasteiger partial charge >= 0.3 is 0 Å². The highest BCUT2D eigenvalue weighted by atomic mass is 79.9. The minimum Gasteiger partial charge on any atom is -0.543 e. The van der Waals surface area contributed by atoms with Crippen LogP contribution in [0, 0.1) is 18.8 Å². The standard InChI is InChI=1S/C7H11BrN.C7H6ClNO2.C2H2O4/c1-3-4-6-9(2)7-5-8;8-5-2-1-3-6(4-5)9-7(10)11;3-1(4)2(5)6/h1,5-7H2,2H3;1-4,9H,(H,10,11);(H,3,4)(H,5,6)/p-3. The summed E-state index contributed by atoms with van der Waals surface area (Å²) in [6, 6.07) is 6.38. The second kappa shape index (κ2) is 16.2. The van der Waals surface area contributed by atoms with E-state index in [9.17, 15) is 9.90 Å². The highest BCUT2D eigenvalue weighted by molar-refractivity contribution is 9.09. The Hall–Kier alpha value is -2.28. The van der Waals surface area contributed by atoms with E-state index in [0.717, 1.165) is 18.4 Å². The van der Waals surface area contributed by atoms with Crippen molar-refractivity contribution in [2.75, 3.05) is 30.8 Å². The monoisotopic (exact) mass is 446 g/mol. The Kier molecular flexibility index (Phi) is 16.2. The van der Waals surface area contributed by atoms with Gasteiger partial charge < -0.3 is 35.0 Å². The van der Waals surface area contributed by atoms with E-state index in [2.05, 4.69) is 44.9 Å². The van der Waals surface area contributed by atoms with E-state index in [1.165, 1.54) is 6.07 Å². The van der Waals surface area contributed by atoms with Crippen LogP contribution in [0.3, 0.4) is 0 Å². The minimum absolute atomic E-state index is 0.414. The molecule has 0 bridgehead atoms. The lowest BCUT2D eigenvalue weighted by molar-refractivity contribution is -0.345. The molecule has 0 aromatic heterocycles. The molecule has 0 spiro atoms. The third-order valence-electron chi connectivity index (χ3n) is 2.18. The van der Waals surface area contributed by atoms with Crippen LogP contribution in [0.25, 0.3) is 0 Å². The van der Waals surface area contributed by atoms with Gasteiger partial charge in [-0.1, -0.05) is 39.5 Å². The number of amides is 1. The molecule has 0 unspecified atom stereocenters. The van der Waals surface area contributed by atoms with Crippen LogP contribution in [0.5, 0.6) is 0 Å². The summed E-state index contributed by atoms with van der Waals surface area (Å²) in [5.74, 6) is 1.11. The number of halogens is 2. The highest BCUT2D eigenvalue weighted by Crippen LogP contribution is 2.14. The van der Waals surface area contributed by atoms with Crippen molar-refractivity contribution in [1.82, 2.24) is 4.90 Å². The number of carboxylic acids is 2. The van der Waals surface area contributed by atoms with Crippen LogP contribution in [0.15, 0.2) is 24.3 Å². The van der Waals surface area contributed by atoms with E-state index >= 15 is 0 Å². The minimum atomic E-state index is -2.19. The zero-order valence-electron chi connectivity index (χ0n) is 13.8. The smallest absolute Gasteiger partial charge is 0.138 e. The van der Waals surface area contributed by atoms with E-state index < -0.39 is 18.0 Å². The quantitative estimate of drug-likeness (QED) is 0.345. The number of nitrogens with zero attached hydrogens (tertiary/aromatic N) is 1. The molecular formula is C16H16BrClN2O6-3. The van der Waals surface area contributed by atoms with Gasteiger partial charge in [-0.15, -0.1) is 5.92 Å². The van der Waals surface area contributed by atoms with Gasteiger partial charge in [-0.2, -0.15) is 0 Å². The number of alkyl halides is 1. The van der Waals surface area contributed by atoms with Crippen molar-refractivity contribution in [2.24, 2.45) is 0 Å². The van der Waals surface area contributed by atoms with Crippen LogP contribution < -0.4 is 20.6 Å². The van der Waals surface area contributed by atoms with Gasteiger partial charge in [-0.25, -0.2) is 0 Å². The number of aliphatic carboxylic acids is 2. The summed E-state index contributed by atoms with van der Waals surface area (Å²) in [6.45, 7) is 5.27. The first kappa shape index (κ1) is 26.0. The number of rotatable bonds is 4. The van der Waals surface area contributed by atoms with Gasteiger partial charge in [0.05, 0.1) is 18.5 Å². The second-order valence-corrected chi connectivity index (χ2v) is 5.51. The highest BCUT2D eigenvalue weighted by Gasteiger charge is 1.91. The molecule has 8 nitrogen and oxygen atoms in total. The van der Waals surface area contributed by atoms with Crippen molar-refractivity contribution in [3.05, 3.63) is 36.2 Å². The normalized spacial score (nSPS) is 8.65. The number of nitrogens with one attached hydrogen (secondary N) is 1. The summed E-state index contributed by atoms with van der Waals surface area (Å²) < 4.78 is 0. The molecule has 10 heteroatoms. The molecule has 0 aliphatic rings. The number of hydrogen-bond donors (Lipinski definition) is 1. The fourth-order valence-corrected chi connectivity index (χ4v) is 1.89. The molecular weight excluding hydrogens is 432 g/mol. The van der Waals surface area contributed by atoms with Gasteiger partial charge in [0.2, 0.25) is 0 Å². The molecule has 1 N–H and O–H groups in total. The zero-order chi connectivity index (χ0) is 20.5. The van der Waals surface area contributed by atoms with Gasteiger partial charge in [-0.3, -0.25) is 4.90 Å². The van der Waals surface area contributed by atoms with Gasteiger partial charge in [0.25, 0.3) is 0 Å². The van der Waals surface area contributed by atoms with Crippen molar-refractivity contribution in [3.8, 4) is 11.8 Å². The largest absolute Gasteiger partial charge is 0.543 e. The summed E-state index contributed by atoms with van der Waals surface area (Å²) >= 11 is 8.91. The lowest BCUT2D eigenvalue weighted by atomic mass is 10.3. The van der Waals surface area contributed by atoms with E-state index in [1.807, 2.05) is 7.05 Å². The first-order valence-electron chi connectivity index (χ1n) is 6.79. The van der Waals surface area contributed by atoms with Crippen molar-refractivity contribution < 1.29 is 29.7 Å². The van der Waals surface area contributed by atoms with Crippen LogP contribution in [0.1, 0.15) is 0 Å². The molecule has 0 saturated carbocycles. The van der Waals surface area contributed by atoms with E-state index in [4.69, 9.17) is 31.4 Å². The Bertz CT molecular complexity index is 633. The van der Waals surface area contributed by atoms with Crippen molar-refractivity contribution in [2.45, 2.75) is 0 Å². The first-order chi connectivity index (χ1) is 12.1. The molecule has 1 aromatic carbocycles. The number of carbonyl (C=O) groups excluding carboxylic acids is 3. The Morgan fingerprint density at radius 3 is 2.23 bits per heavy atom. The number of hydrogen-bond acceptors (Lipinski definition) is 7. The molecule has 1 rings (SSSR count). The lowest BCUT2D eigenvalue weighted by Gasteiger charge is -2.09. The third-order valence-corrected chi connectivity index (χ3v) is 2.77. The van der Waals surface area contributed by atoms with Crippen molar-refractivity contribution in [1.29, 1.82) is 0 Å². The maximum Gasteiger partial charge on any atom is 0.138 e. The van der Waals surface area contributed by atoms with Crippen LogP contribution in [0.4, 0.5) is 10.5 Å². The zero-order valence-corrected chi connectivity index (χ0v) is 16.1. The Morgan fingerprint density at radius 1 is 1.27 bits per heavy atom. The van der Waals surface area contributed by atoms with Crippen molar-refractivity contribution in [3.63, 3.8) is 0 Å². The van der Waals surface area contributed by atoms with E-state index in [1.54, 1.807) is 18.2 Å². The number of carbonyl (C=O) groups is 3. The summed E-state index contributed by atoms with van der Waals surface area (Å²) in [5.41, 5.74) is 0.414. The van der Waals surface area contributed by atoms with Gasteiger partial charge in [-0.05, 0) is 25.2 Å². The van der Waals surface area contributed by atoms with E-state index in [0.29, 0.717) is 10.7 Å². The summed E-state index contributed by atoms with van der Waals surface area (Å²) in [5, 5.41) is 31.4. The van der Waals surface area contributed by atoms with Gasteiger partial charge in [0.1, 0.15) is 6.09 Å². The predicted octanol–water partition coefficient (Wildman–Crippen LogP) is -1.27. The first-order valence-corrected chi connectivity index (χ1v) is 8.29. The molecule has 0 aliphatic heterocycles. The molecule has 0 aliphatic carbocycles. The SMILES string of the molecule is O=C([O-])C(=O)[O-].O=C([O-])Nc1cccc(Cl)c1.[CH2]C#CCN(C)CCBr. The molecule has 0 saturated heterocycles. The molecule has 143 valence electrons. The number of carboxylic acid groups (broad SMARTS) is 3. The van der Waals surface area contributed by atoms with Crippen LogP contribution >= 0.6 is 27.5 Å². The van der Waals surface area contributed by atoms with Crippen molar-refractivity contribution >= 4 is 51.3 Å². The third kappa shape index (κ3) is 18.1. The predicted molar refractivity (Wildman–Crippen MR) is 94.9 cm³/mol. The van der Waals surface area contributed by atoms with Gasteiger partial charge in [0.15, 0.2) is 0 Å². The Morgan fingerprint density at radius 2 is 1.85 bits per heavy atom. The Labute approximate surface area is 164 Å². The molecule has 0 fully saturated rings. The summed E-state index contributed by atoms with van der Waals surface area (Å²) in [4.78, 5) is 30.0.